The molecular formula is C17H15BrN2OS. The first kappa shape index (κ1) is 14.2. The standard InChI is InChI=1S/C17H15BrN2OS/c1-17(2)7-13-15(14(21)8-17)22-16-19-12(9-20(13)16)10-3-5-11(18)6-4-10/h3-6,9H,7-8H2,1-2H3. The predicted molar refractivity (Wildman–Crippen MR) is 92.6 cm³/mol. The zero-order valence-corrected chi connectivity index (χ0v) is 14.8. The zero-order chi connectivity index (χ0) is 15.5. The summed E-state index contributed by atoms with van der Waals surface area (Å²) in [5.74, 6) is 0.256. The molecule has 0 spiro atoms. The van der Waals surface area contributed by atoms with Gasteiger partial charge < -0.3 is 0 Å². The number of hydrogen-bond acceptors (Lipinski definition) is 3. The Hall–Kier alpha value is -1.46. The van der Waals surface area contributed by atoms with Crippen molar-refractivity contribution >= 4 is 38.0 Å². The monoisotopic (exact) mass is 374 g/mol. The van der Waals surface area contributed by atoms with E-state index in [0.29, 0.717) is 6.42 Å². The van der Waals surface area contributed by atoms with Crippen LogP contribution in [0, 0.1) is 5.41 Å². The lowest BCUT2D eigenvalue weighted by molar-refractivity contribution is 0.0915. The number of carbonyl (C=O) groups excluding carboxylic acids is 1. The van der Waals surface area contributed by atoms with Gasteiger partial charge in [0.1, 0.15) is 0 Å². The van der Waals surface area contributed by atoms with E-state index in [2.05, 4.69) is 52.5 Å². The molecule has 0 unspecified atom stereocenters. The molecule has 0 fully saturated rings. The summed E-state index contributed by atoms with van der Waals surface area (Å²) < 4.78 is 3.16. The molecule has 5 heteroatoms. The van der Waals surface area contributed by atoms with Gasteiger partial charge in [-0.05, 0) is 24.0 Å². The predicted octanol–water partition coefficient (Wildman–Crippen LogP) is 4.98. The van der Waals surface area contributed by atoms with Crippen molar-refractivity contribution in [3.63, 3.8) is 0 Å². The lowest BCUT2D eigenvalue weighted by Gasteiger charge is -2.27. The summed E-state index contributed by atoms with van der Waals surface area (Å²) in [7, 11) is 0. The molecule has 1 aromatic carbocycles. The van der Waals surface area contributed by atoms with E-state index in [1.807, 2.05) is 12.1 Å². The fraction of sp³-hybridized carbons (Fsp3) is 0.294. The van der Waals surface area contributed by atoms with Gasteiger partial charge in [-0.2, -0.15) is 0 Å². The number of aromatic nitrogens is 2. The number of benzene rings is 1. The third-order valence-corrected chi connectivity index (χ3v) is 5.76. The molecule has 0 bridgehead atoms. The van der Waals surface area contributed by atoms with Crippen molar-refractivity contribution in [3.8, 4) is 11.3 Å². The molecule has 2 heterocycles. The van der Waals surface area contributed by atoms with Crippen LogP contribution >= 0.6 is 27.3 Å². The Labute approximate surface area is 141 Å². The summed E-state index contributed by atoms with van der Waals surface area (Å²) >= 11 is 4.97. The number of Topliss-reactive ketones (excluding diaryl/α,β-unsaturated/α-hetero) is 1. The van der Waals surface area contributed by atoms with Crippen LogP contribution in [0.25, 0.3) is 16.2 Å². The molecule has 0 N–H and O–H groups in total. The highest BCUT2D eigenvalue weighted by Gasteiger charge is 2.34. The SMILES string of the molecule is CC1(C)CC(=O)c2sc3nc(-c4ccc(Br)cc4)cn3c2C1. The van der Waals surface area contributed by atoms with Crippen LogP contribution < -0.4 is 0 Å². The zero-order valence-electron chi connectivity index (χ0n) is 12.4. The first-order valence-corrected chi connectivity index (χ1v) is 8.84. The number of thiazole rings is 1. The lowest BCUT2D eigenvalue weighted by Crippen LogP contribution is -2.26. The molecule has 0 saturated carbocycles. The molecule has 0 atom stereocenters. The molecule has 0 saturated heterocycles. The van der Waals surface area contributed by atoms with E-state index in [1.54, 1.807) is 0 Å². The number of hydrogen-bond donors (Lipinski definition) is 0. The third-order valence-electron chi connectivity index (χ3n) is 4.10. The second-order valence-electron chi connectivity index (χ2n) is 6.60. The Morgan fingerprint density at radius 3 is 2.68 bits per heavy atom. The molecule has 3 aromatic rings. The normalized spacial score (nSPS) is 17.0. The number of carbonyl (C=O) groups is 1. The van der Waals surface area contributed by atoms with Crippen molar-refractivity contribution in [1.29, 1.82) is 0 Å². The van der Waals surface area contributed by atoms with Gasteiger partial charge in [-0.25, -0.2) is 4.98 Å². The van der Waals surface area contributed by atoms with Gasteiger partial charge in [-0.15, -0.1) is 0 Å². The van der Waals surface area contributed by atoms with Crippen LogP contribution in [0.15, 0.2) is 34.9 Å². The molecular weight excluding hydrogens is 360 g/mol. The Kier molecular flexibility index (Phi) is 3.07. The minimum atomic E-state index is 0.0279. The lowest BCUT2D eigenvalue weighted by atomic mass is 9.78. The van der Waals surface area contributed by atoms with Crippen molar-refractivity contribution < 1.29 is 4.79 Å². The second kappa shape index (κ2) is 4.77. The molecule has 0 amide bonds. The quantitative estimate of drug-likeness (QED) is 0.601. The maximum atomic E-state index is 12.3. The van der Waals surface area contributed by atoms with Crippen LogP contribution in [-0.4, -0.2) is 15.2 Å². The largest absolute Gasteiger partial charge is 0.293 e. The molecule has 0 aliphatic heterocycles. The summed E-state index contributed by atoms with van der Waals surface area (Å²) in [6.45, 7) is 4.31. The average Bonchev–Trinajstić information content (AvgIpc) is 2.98. The highest BCUT2D eigenvalue weighted by atomic mass is 79.9. The molecule has 112 valence electrons. The van der Waals surface area contributed by atoms with Crippen molar-refractivity contribution in [1.82, 2.24) is 9.38 Å². The maximum Gasteiger partial charge on any atom is 0.195 e. The van der Waals surface area contributed by atoms with Crippen LogP contribution in [0.2, 0.25) is 0 Å². The minimum Gasteiger partial charge on any atom is -0.293 e. The minimum absolute atomic E-state index is 0.0279. The Balaban J connectivity index is 1.85. The van der Waals surface area contributed by atoms with Crippen molar-refractivity contribution in [2.75, 3.05) is 0 Å². The van der Waals surface area contributed by atoms with E-state index in [9.17, 15) is 4.79 Å². The van der Waals surface area contributed by atoms with E-state index in [0.717, 1.165) is 37.7 Å². The summed E-state index contributed by atoms with van der Waals surface area (Å²) in [4.78, 5) is 18.8. The topological polar surface area (TPSA) is 34.4 Å². The third kappa shape index (κ3) is 2.23. The molecule has 2 aromatic heterocycles. The number of halogens is 1. The van der Waals surface area contributed by atoms with E-state index < -0.39 is 0 Å². The second-order valence-corrected chi connectivity index (χ2v) is 8.50. The summed E-state index contributed by atoms with van der Waals surface area (Å²) in [5, 5.41) is 0. The summed E-state index contributed by atoms with van der Waals surface area (Å²) in [5.41, 5.74) is 3.20. The fourth-order valence-corrected chi connectivity index (χ4v) is 4.39. The fourth-order valence-electron chi connectivity index (χ4n) is 3.06. The molecule has 1 aliphatic rings. The van der Waals surface area contributed by atoms with Crippen molar-refractivity contribution in [2.45, 2.75) is 26.7 Å². The number of fused-ring (bicyclic) bond motifs is 3. The molecule has 0 radical (unpaired) electrons. The highest BCUT2D eigenvalue weighted by molar-refractivity contribution is 9.10. The summed E-state index contributed by atoms with van der Waals surface area (Å²) in [6.07, 6.45) is 3.61. The Morgan fingerprint density at radius 2 is 1.95 bits per heavy atom. The first-order chi connectivity index (χ1) is 10.4. The molecule has 1 aliphatic carbocycles. The Morgan fingerprint density at radius 1 is 1.23 bits per heavy atom. The van der Waals surface area contributed by atoms with Gasteiger partial charge in [-0.1, -0.05) is 53.2 Å². The van der Waals surface area contributed by atoms with Crippen LogP contribution in [0.4, 0.5) is 0 Å². The highest BCUT2D eigenvalue weighted by Crippen LogP contribution is 2.39. The van der Waals surface area contributed by atoms with Gasteiger partial charge in [0.2, 0.25) is 0 Å². The summed E-state index contributed by atoms with van der Waals surface area (Å²) in [6, 6.07) is 8.14. The number of ketones is 1. The first-order valence-electron chi connectivity index (χ1n) is 7.23. The van der Waals surface area contributed by atoms with Crippen molar-refractivity contribution in [2.24, 2.45) is 5.41 Å². The van der Waals surface area contributed by atoms with E-state index in [4.69, 9.17) is 4.98 Å². The van der Waals surface area contributed by atoms with E-state index >= 15 is 0 Å². The molecule has 3 nitrogen and oxygen atoms in total. The van der Waals surface area contributed by atoms with Crippen LogP contribution in [0.3, 0.4) is 0 Å². The van der Waals surface area contributed by atoms with Crippen LogP contribution in [0.5, 0.6) is 0 Å². The van der Waals surface area contributed by atoms with Gasteiger partial charge in [0.15, 0.2) is 10.7 Å². The number of imidazole rings is 1. The smallest absolute Gasteiger partial charge is 0.195 e. The van der Waals surface area contributed by atoms with Gasteiger partial charge in [0.25, 0.3) is 0 Å². The van der Waals surface area contributed by atoms with E-state index in [-0.39, 0.29) is 11.2 Å². The number of rotatable bonds is 1. The van der Waals surface area contributed by atoms with Crippen LogP contribution in [0.1, 0.15) is 35.6 Å². The van der Waals surface area contributed by atoms with Gasteiger partial charge in [-0.3, -0.25) is 9.20 Å². The molecule has 4 rings (SSSR count). The number of nitrogens with zero attached hydrogens (tertiary/aromatic N) is 2. The maximum absolute atomic E-state index is 12.3. The van der Waals surface area contributed by atoms with E-state index in [1.165, 1.54) is 11.3 Å². The van der Waals surface area contributed by atoms with Gasteiger partial charge in [0.05, 0.1) is 10.6 Å². The molecule has 22 heavy (non-hydrogen) atoms. The Bertz CT molecular complexity index is 889. The van der Waals surface area contributed by atoms with Crippen LogP contribution in [-0.2, 0) is 6.42 Å². The van der Waals surface area contributed by atoms with Crippen molar-refractivity contribution in [3.05, 3.63) is 45.5 Å². The average molecular weight is 375 g/mol. The van der Waals surface area contributed by atoms with Gasteiger partial charge >= 0.3 is 0 Å². The van der Waals surface area contributed by atoms with Gasteiger partial charge in [0, 0.05) is 28.3 Å².